The predicted octanol–water partition coefficient (Wildman–Crippen LogP) is 2.57. The molecule has 4 nitrogen and oxygen atoms in total. The molecular formula is C13H16O4. The van der Waals surface area contributed by atoms with E-state index in [1.165, 1.54) is 18.9 Å². The zero-order valence-corrected chi connectivity index (χ0v) is 9.81. The van der Waals surface area contributed by atoms with Crippen molar-refractivity contribution in [3.8, 4) is 11.5 Å². The second-order valence-electron chi connectivity index (χ2n) is 4.25. The molecule has 1 aromatic rings. The lowest BCUT2D eigenvalue weighted by Crippen LogP contribution is -2.05. The van der Waals surface area contributed by atoms with Crippen LogP contribution in [0, 0.1) is 5.92 Å². The zero-order chi connectivity index (χ0) is 12.3. The van der Waals surface area contributed by atoms with Crippen LogP contribution in [0.25, 0.3) is 0 Å². The molecule has 0 spiro atoms. The Morgan fingerprint density at radius 3 is 2.82 bits per heavy atom. The molecule has 1 aliphatic carbocycles. The predicted molar refractivity (Wildman–Crippen MR) is 62.8 cm³/mol. The Morgan fingerprint density at radius 2 is 2.24 bits per heavy atom. The van der Waals surface area contributed by atoms with E-state index in [-0.39, 0.29) is 5.56 Å². The fourth-order valence-corrected chi connectivity index (χ4v) is 1.67. The van der Waals surface area contributed by atoms with Crippen LogP contribution in [0.1, 0.15) is 29.6 Å². The van der Waals surface area contributed by atoms with Gasteiger partial charge in [-0.1, -0.05) is 12.8 Å². The standard InChI is InChI=1S/C13H16O4/c1-16-10-4-5-11(13(14)15)12(8-10)17-7-6-9-2-3-9/h4-5,8-9H,2-3,6-7H2,1H3,(H,14,15). The fourth-order valence-electron chi connectivity index (χ4n) is 1.67. The maximum absolute atomic E-state index is 11.0. The summed E-state index contributed by atoms with van der Waals surface area (Å²) in [7, 11) is 1.55. The van der Waals surface area contributed by atoms with E-state index in [1.807, 2.05) is 0 Å². The second-order valence-corrected chi connectivity index (χ2v) is 4.25. The van der Waals surface area contributed by atoms with Crippen molar-refractivity contribution in [1.82, 2.24) is 0 Å². The highest BCUT2D eigenvalue weighted by molar-refractivity contribution is 5.91. The molecule has 0 unspecified atom stereocenters. The van der Waals surface area contributed by atoms with Gasteiger partial charge in [0.2, 0.25) is 0 Å². The summed E-state index contributed by atoms with van der Waals surface area (Å²) in [4.78, 5) is 11.0. The van der Waals surface area contributed by atoms with Gasteiger partial charge in [0.25, 0.3) is 0 Å². The molecular weight excluding hydrogens is 220 g/mol. The minimum absolute atomic E-state index is 0.182. The van der Waals surface area contributed by atoms with Gasteiger partial charge in [-0.15, -0.1) is 0 Å². The average molecular weight is 236 g/mol. The molecule has 0 atom stereocenters. The lowest BCUT2D eigenvalue weighted by Gasteiger charge is -2.10. The first-order valence-electron chi connectivity index (χ1n) is 5.75. The minimum atomic E-state index is -0.978. The van der Waals surface area contributed by atoms with Gasteiger partial charge < -0.3 is 14.6 Å². The third-order valence-electron chi connectivity index (χ3n) is 2.90. The summed E-state index contributed by atoms with van der Waals surface area (Å²) >= 11 is 0. The van der Waals surface area contributed by atoms with E-state index in [0.717, 1.165) is 12.3 Å². The van der Waals surface area contributed by atoms with E-state index in [1.54, 1.807) is 19.2 Å². The van der Waals surface area contributed by atoms with Gasteiger partial charge in [0, 0.05) is 6.07 Å². The van der Waals surface area contributed by atoms with Crippen molar-refractivity contribution in [2.24, 2.45) is 5.92 Å². The highest BCUT2D eigenvalue weighted by Crippen LogP contribution is 2.33. The van der Waals surface area contributed by atoms with Crippen molar-refractivity contribution in [2.75, 3.05) is 13.7 Å². The summed E-state index contributed by atoms with van der Waals surface area (Å²) in [5.74, 6) is 0.789. The topological polar surface area (TPSA) is 55.8 Å². The average Bonchev–Trinajstić information content (AvgIpc) is 3.12. The molecule has 0 amide bonds. The number of benzene rings is 1. The van der Waals surface area contributed by atoms with Gasteiger partial charge in [-0.25, -0.2) is 4.79 Å². The molecule has 17 heavy (non-hydrogen) atoms. The molecule has 0 heterocycles. The van der Waals surface area contributed by atoms with Crippen LogP contribution in [0.3, 0.4) is 0 Å². The zero-order valence-electron chi connectivity index (χ0n) is 9.81. The number of carbonyl (C=O) groups is 1. The highest BCUT2D eigenvalue weighted by atomic mass is 16.5. The number of methoxy groups -OCH3 is 1. The highest BCUT2D eigenvalue weighted by Gasteiger charge is 2.21. The van der Waals surface area contributed by atoms with Crippen molar-refractivity contribution in [2.45, 2.75) is 19.3 Å². The van der Waals surface area contributed by atoms with Crippen molar-refractivity contribution in [1.29, 1.82) is 0 Å². The number of hydrogen-bond acceptors (Lipinski definition) is 3. The van der Waals surface area contributed by atoms with Gasteiger partial charge in [-0.2, -0.15) is 0 Å². The molecule has 1 saturated carbocycles. The molecule has 0 bridgehead atoms. The summed E-state index contributed by atoms with van der Waals surface area (Å²) in [6.45, 7) is 0.568. The van der Waals surface area contributed by atoms with Crippen LogP contribution in [-0.4, -0.2) is 24.8 Å². The van der Waals surface area contributed by atoms with E-state index in [2.05, 4.69) is 0 Å². The van der Waals surface area contributed by atoms with Gasteiger partial charge in [0.1, 0.15) is 17.1 Å². The smallest absolute Gasteiger partial charge is 0.339 e. The van der Waals surface area contributed by atoms with E-state index in [9.17, 15) is 4.79 Å². The Labute approximate surface area is 100 Å². The Bertz CT molecular complexity index is 410. The minimum Gasteiger partial charge on any atom is -0.497 e. The van der Waals surface area contributed by atoms with Crippen LogP contribution in [0.5, 0.6) is 11.5 Å². The quantitative estimate of drug-likeness (QED) is 0.824. The normalized spacial score (nSPS) is 14.4. The molecule has 4 heteroatoms. The van der Waals surface area contributed by atoms with Crippen LogP contribution in [0.15, 0.2) is 18.2 Å². The maximum Gasteiger partial charge on any atom is 0.339 e. The summed E-state index contributed by atoms with van der Waals surface area (Å²) < 4.78 is 10.6. The largest absolute Gasteiger partial charge is 0.497 e. The van der Waals surface area contributed by atoms with Gasteiger partial charge in [-0.05, 0) is 24.5 Å². The molecule has 2 rings (SSSR count). The Kier molecular flexibility index (Phi) is 3.52. The third-order valence-corrected chi connectivity index (χ3v) is 2.90. The molecule has 0 aliphatic heterocycles. The van der Waals surface area contributed by atoms with Crippen molar-refractivity contribution in [3.63, 3.8) is 0 Å². The van der Waals surface area contributed by atoms with E-state index in [0.29, 0.717) is 18.1 Å². The number of aromatic carboxylic acids is 1. The fraction of sp³-hybridized carbons (Fsp3) is 0.462. The number of hydrogen-bond donors (Lipinski definition) is 1. The first-order valence-corrected chi connectivity index (χ1v) is 5.75. The first-order chi connectivity index (χ1) is 8.20. The summed E-state index contributed by atoms with van der Waals surface area (Å²) in [5.41, 5.74) is 0.182. The monoisotopic (exact) mass is 236 g/mol. The molecule has 1 N–H and O–H groups in total. The van der Waals surface area contributed by atoms with Crippen molar-refractivity contribution >= 4 is 5.97 Å². The number of rotatable bonds is 6. The second kappa shape index (κ2) is 5.08. The van der Waals surface area contributed by atoms with Crippen LogP contribution in [-0.2, 0) is 0 Å². The number of ether oxygens (including phenoxy) is 2. The van der Waals surface area contributed by atoms with Crippen molar-refractivity contribution in [3.05, 3.63) is 23.8 Å². The van der Waals surface area contributed by atoms with Gasteiger partial charge in [-0.3, -0.25) is 0 Å². The molecule has 1 aromatic carbocycles. The van der Waals surface area contributed by atoms with Crippen LogP contribution in [0.4, 0.5) is 0 Å². The molecule has 0 saturated heterocycles. The SMILES string of the molecule is COc1ccc(C(=O)O)c(OCCC2CC2)c1. The number of carboxylic acids is 1. The number of carboxylic acid groups (broad SMARTS) is 1. The summed E-state index contributed by atoms with van der Waals surface area (Å²) in [6, 6.07) is 4.75. The molecule has 0 aromatic heterocycles. The maximum atomic E-state index is 11.0. The van der Waals surface area contributed by atoms with E-state index in [4.69, 9.17) is 14.6 Å². The molecule has 0 radical (unpaired) electrons. The van der Waals surface area contributed by atoms with Crippen LogP contribution in [0.2, 0.25) is 0 Å². The Balaban J connectivity index is 2.06. The molecule has 1 fully saturated rings. The Hall–Kier alpha value is -1.71. The van der Waals surface area contributed by atoms with Crippen LogP contribution < -0.4 is 9.47 Å². The third kappa shape index (κ3) is 3.12. The van der Waals surface area contributed by atoms with Gasteiger partial charge >= 0.3 is 5.97 Å². The van der Waals surface area contributed by atoms with Gasteiger partial charge in [0.05, 0.1) is 13.7 Å². The Morgan fingerprint density at radius 1 is 1.47 bits per heavy atom. The summed E-state index contributed by atoms with van der Waals surface area (Å²) in [6.07, 6.45) is 3.54. The van der Waals surface area contributed by atoms with E-state index >= 15 is 0 Å². The molecule has 92 valence electrons. The van der Waals surface area contributed by atoms with Crippen molar-refractivity contribution < 1.29 is 19.4 Å². The lowest BCUT2D eigenvalue weighted by atomic mass is 10.2. The summed E-state index contributed by atoms with van der Waals surface area (Å²) in [5, 5.41) is 9.03. The molecule has 1 aliphatic rings. The van der Waals surface area contributed by atoms with E-state index < -0.39 is 5.97 Å². The first kappa shape index (κ1) is 11.8. The van der Waals surface area contributed by atoms with Crippen LogP contribution >= 0.6 is 0 Å². The lowest BCUT2D eigenvalue weighted by molar-refractivity contribution is 0.0692. The van der Waals surface area contributed by atoms with Gasteiger partial charge in [0.15, 0.2) is 0 Å².